The minimum Gasteiger partial charge on any atom is -0.460 e. The number of aliphatic hydroxyl groups excluding tert-OH is 1. The lowest BCUT2D eigenvalue weighted by Gasteiger charge is -2.01. The van der Waals surface area contributed by atoms with E-state index in [0.717, 1.165) is 6.29 Å². The highest BCUT2D eigenvalue weighted by molar-refractivity contribution is 6.33. The van der Waals surface area contributed by atoms with Gasteiger partial charge in [-0.3, -0.25) is 4.79 Å². The van der Waals surface area contributed by atoms with Crippen molar-refractivity contribution >= 4 is 18.0 Å². The Labute approximate surface area is 82.1 Å². The summed E-state index contributed by atoms with van der Waals surface area (Å²) in [6.45, 7) is -0.0351. The van der Waals surface area contributed by atoms with E-state index in [1.165, 1.54) is 0 Å². The van der Waals surface area contributed by atoms with Gasteiger partial charge in [-0.2, -0.15) is 0 Å². The maximum absolute atomic E-state index is 10.9. The van der Waals surface area contributed by atoms with Gasteiger partial charge in [0.15, 0.2) is 0 Å². The molecule has 0 atom stereocenters. The third kappa shape index (κ3) is 6.30. The Bertz CT molecular complexity index is 199. The Kier molecular flexibility index (Phi) is 7.64. The van der Waals surface area contributed by atoms with E-state index in [2.05, 4.69) is 4.74 Å². The maximum atomic E-state index is 10.9. The van der Waals surface area contributed by atoms with Gasteiger partial charge in [0.1, 0.15) is 6.29 Å². The molecule has 80 valence electrons. The highest BCUT2D eigenvalue weighted by atomic mass is 16.5. The van der Waals surface area contributed by atoms with Crippen LogP contribution in [0.4, 0.5) is 0 Å². The average molecular weight is 202 g/mol. The molecule has 0 amide bonds. The largest absolute Gasteiger partial charge is 0.460 e. The van der Waals surface area contributed by atoms with Crippen molar-refractivity contribution < 1.29 is 24.2 Å². The predicted octanol–water partition coefficient (Wildman–Crippen LogP) is -0.150. The molecule has 0 bridgehead atoms. The van der Waals surface area contributed by atoms with Gasteiger partial charge in [0.25, 0.3) is 0 Å². The minimum atomic E-state index is -0.885. The van der Waals surface area contributed by atoms with Crippen molar-refractivity contribution in [2.75, 3.05) is 13.2 Å². The first kappa shape index (κ1) is 12.8. The molecule has 0 fully saturated rings. The number of hydrogen-bond acceptors (Lipinski definition) is 5. The summed E-state index contributed by atoms with van der Waals surface area (Å²) in [6, 6.07) is 0. The number of Topliss-reactive ketones (excluding diaryl/α,β-unsaturated/α-hetero) is 1. The van der Waals surface area contributed by atoms with Crippen LogP contribution in [0, 0.1) is 0 Å². The highest BCUT2D eigenvalue weighted by Crippen LogP contribution is 1.94. The van der Waals surface area contributed by atoms with Crippen LogP contribution in [0.1, 0.15) is 25.7 Å². The summed E-state index contributed by atoms with van der Waals surface area (Å²) in [7, 11) is 0. The number of carbonyl (C=O) groups excluding carboxylic acids is 3. The molecule has 0 aliphatic rings. The van der Waals surface area contributed by atoms with Crippen molar-refractivity contribution in [3.8, 4) is 0 Å². The molecule has 0 aromatic heterocycles. The molecular weight excluding hydrogens is 188 g/mol. The van der Waals surface area contributed by atoms with Gasteiger partial charge < -0.3 is 14.6 Å². The zero-order valence-electron chi connectivity index (χ0n) is 7.90. The first-order valence-corrected chi connectivity index (χ1v) is 4.46. The SMILES string of the molecule is O=CCCCOC(=O)C(=O)CCCO. The lowest BCUT2D eigenvalue weighted by molar-refractivity contribution is -0.154. The van der Waals surface area contributed by atoms with Gasteiger partial charge in [-0.15, -0.1) is 0 Å². The monoisotopic (exact) mass is 202 g/mol. The topological polar surface area (TPSA) is 80.7 Å². The van der Waals surface area contributed by atoms with E-state index in [1.807, 2.05) is 0 Å². The third-order valence-corrected chi connectivity index (χ3v) is 1.49. The number of aliphatic hydroxyl groups is 1. The number of rotatable bonds is 8. The van der Waals surface area contributed by atoms with Gasteiger partial charge >= 0.3 is 5.97 Å². The molecule has 0 radical (unpaired) electrons. The van der Waals surface area contributed by atoms with Crippen molar-refractivity contribution in [1.82, 2.24) is 0 Å². The number of ether oxygens (including phenoxy) is 1. The fourth-order valence-electron chi connectivity index (χ4n) is 0.754. The molecule has 0 rings (SSSR count). The van der Waals surface area contributed by atoms with Gasteiger partial charge in [-0.25, -0.2) is 4.79 Å². The van der Waals surface area contributed by atoms with Crippen LogP contribution in [-0.4, -0.2) is 36.4 Å². The molecule has 0 saturated carbocycles. The number of unbranched alkanes of at least 4 members (excludes halogenated alkanes) is 1. The number of hydrogen-bond donors (Lipinski definition) is 1. The molecule has 14 heavy (non-hydrogen) atoms. The van der Waals surface area contributed by atoms with E-state index in [4.69, 9.17) is 5.11 Å². The van der Waals surface area contributed by atoms with Crippen LogP contribution in [0.2, 0.25) is 0 Å². The summed E-state index contributed by atoms with van der Waals surface area (Å²) in [5, 5.41) is 8.40. The molecular formula is C9H14O5. The zero-order valence-corrected chi connectivity index (χ0v) is 7.90. The fraction of sp³-hybridized carbons (Fsp3) is 0.667. The number of aldehydes is 1. The van der Waals surface area contributed by atoms with Gasteiger partial charge in [0.05, 0.1) is 6.61 Å². The van der Waals surface area contributed by atoms with Crippen LogP contribution in [0.3, 0.4) is 0 Å². The van der Waals surface area contributed by atoms with E-state index in [0.29, 0.717) is 12.8 Å². The summed E-state index contributed by atoms with van der Waals surface area (Å²) >= 11 is 0. The number of esters is 1. The molecule has 0 aromatic rings. The van der Waals surface area contributed by atoms with Crippen LogP contribution in [0.5, 0.6) is 0 Å². The molecule has 0 spiro atoms. The zero-order chi connectivity index (χ0) is 10.8. The lowest BCUT2D eigenvalue weighted by Crippen LogP contribution is -2.18. The molecule has 5 nitrogen and oxygen atoms in total. The second-order valence-electron chi connectivity index (χ2n) is 2.70. The van der Waals surface area contributed by atoms with Crippen LogP contribution in [0.25, 0.3) is 0 Å². The minimum absolute atomic E-state index is 0.00299. The summed E-state index contributed by atoms with van der Waals surface area (Å²) < 4.78 is 4.57. The second-order valence-corrected chi connectivity index (χ2v) is 2.70. The van der Waals surface area contributed by atoms with E-state index >= 15 is 0 Å². The Balaban J connectivity index is 3.52. The summed E-state index contributed by atoms with van der Waals surface area (Å²) in [5.74, 6) is -1.52. The van der Waals surface area contributed by atoms with Crippen molar-refractivity contribution in [2.24, 2.45) is 0 Å². The average Bonchev–Trinajstić information content (AvgIpc) is 2.20. The predicted molar refractivity (Wildman–Crippen MR) is 47.6 cm³/mol. The second kappa shape index (κ2) is 8.37. The van der Waals surface area contributed by atoms with Crippen molar-refractivity contribution in [1.29, 1.82) is 0 Å². The Morgan fingerprint density at radius 2 is 2.00 bits per heavy atom. The lowest BCUT2D eigenvalue weighted by atomic mass is 10.2. The van der Waals surface area contributed by atoms with Gasteiger partial charge in [0.2, 0.25) is 5.78 Å². The molecule has 1 N–H and O–H groups in total. The molecule has 0 aliphatic carbocycles. The van der Waals surface area contributed by atoms with Crippen LogP contribution < -0.4 is 0 Å². The molecule has 0 aliphatic heterocycles. The van der Waals surface area contributed by atoms with Crippen molar-refractivity contribution in [2.45, 2.75) is 25.7 Å². The van der Waals surface area contributed by atoms with Crippen molar-refractivity contribution in [3.63, 3.8) is 0 Å². The fourth-order valence-corrected chi connectivity index (χ4v) is 0.754. The van der Waals surface area contributed by atoms with Crippen molar-refractivity contribution in [3.05, 3.63) is 0 Å². The first-order valence-electron chi connectivity index (χ1n) is 4.46. The van der Waals surface area contributed by atoms with E-state index in [-0.39, 0.29) is 26.1 Å². The number of carbonyl (C=O) groups is 3. The van der Waals surface area contributed by atoms with Crippen LogP contribution in [0.15, 0.2) is 0 Å². The highest BCUT2D eigenvalue weighted by Gasteiger charge is 2.13. The summed E-state index contributed by atoms with van der Waals surface area (Å²) in [4.78, 5) is 31.7. The van der Waals surface area contributed by atoms with Gasteiger partial charge in [-0.05, 0) is 12.8 Å². The standard InChI is InChI=1S/C9H14O5/c10-5-1-2-7-14-9(13)8(12)4-3-6-11/h5,11H,1-4,6-7H2. The van der Waals surface area contributed by atoms with Gasteiger partial charge in [-0.1, -0.05) is 0 Å². The Morgan fingerprint density at radius 1 is 1.29 bits per heavy atom. The quantitative estimate of drug-likeness (QED) is 0.256. The maximum Gasteiger partial charge on any atom is 0.374 e. The summed E-state index contributed by atoms with van der Waals surface area (Å²) in [6.07, 6.45) is 1.74. The van der Waals surface area contributed by atoms with E-state index in [9.17, 15) is 14.4 Å². The molecule has 5 heteroatoms. The number of ketones is 1. The molecule has 0 heterocycles. The molecule has 0 saturated heterocycles. The van der Waals surface area contributed by atoms with Crippen LogP contribution in [-0.2, 0) is 19.1 Å². The Hall–Kier alpha value is -1.23. The smallest absolute Gasteiger partial charge is 0.374 e. The molecule has 0 unspecified atom stereocenters. The molecule has 0 aromatic carbocycles. The van der Waals surface area contributed by atoms with Gasteiger partial charge in [0, 0.05) is 19.4 Å². The van der Waals surface area contributed by atoms with E-state index in [1.54, 1.807) is 0 Å². The Morgan fingerprint density at radius 3 is 2.57 bits per heavy atom. The first-order chi connectivity index (χ1) is 6.72. The third-order valence-electron chi connectivity index (χ3n) is 1.49. The van der Waals surface area contributed by atoms with E-state index < -0.39 is 11.8 Å². The van der Waals surface area contributed by atoms with Crippen LogP contribution >= 0.6 is 0 Å². The normalized spacial score (nSPS) is 9.50. The summed E-state index contributed by atoms with van der Waals surface area (Å²) in [5.41, 5.74) is 0.